The number of ether oxygens (including phenoxy) is 2. The Hall–Kier alpha value is -4.62. The number of rotatable bonds is 6. The Balaban J connectivity index is 1.30. The molecule has 1 fully saturated rings. The van der Waals surface area contributed by atoms with Gasteiger partial charge in [0.05, 0.1) is 30.9 Å². The first-order chi connectivity index (χ1) is 18.8. The Labute approximate surface area is 228 Å². The van der Waals surface area contributed by atoms with Crippen LogP contribution in [0.25, 0.3) is 16.7 Å². The standard InChI is InChI=1S/C26H25N7O5S/c1-16-13-21-22(30-32(29-21)18-4-6-19(37-2)7-5-18)15-20(16)27-26(39)28-25(34)17-3-8-23(24(14-17)33(35)36)31-9-11-38-12-10-31/h3-8,13-15H,9-12H2,1-2H3,(H2,27,28,34,39). The van der Waals surface area contributed by atoms with Crippen molar-refractivity contribution in [2.45, 2.75) is 6.92 Å². The summed E-state index contributed by atoms with van der Waals surface area (Å²) < 4.78 is 10.5. The van der Waals surface area contributed by atoms with Crippen LogP contribution in [0.15, 0.2) is 54.6 Å². The second kappa shape index (κ2) is 11.0. The molecule has 1 aliphatic heterocycles. The van der Waals surface area contributed by atoms with Crippen LogP contribution in [0.1, 0.15) is 15.9 Å². The number of amides is 1. The number of aromatic nitrogens is 3. The van der Waals surface area contributed by atoms with Gasteiger partial charge in [0.2, 0.25) is 0 Å². The molecular weight excluding hydrogens is 522 g/mol. The van der Waals surface area contributed by atoms with Crippen molar-refractivity contribution in [3.05, 3.63) is 75.8 Å². The number of nitro benzene ring substituents is 1. The quantitative estimate of drug-likeness (QED) is 0.209. The summed E-state index contributed by atoms with van der Waals surface area (Å²) in [7, 11) is 1.60. The number of morpholine rings is 1. The van der Waals surface area contributed by atoms with Crippen LogP contribution in [-0.4, -0.2) is 64.3 Å². The molecule has 0 spiro atoms. The van der Waals surface area contributed by atoms with Gasteiger partial charge in [0.25, 0.3) is 11.6 Å². The number of nitro groups is 1. The smallest absolute Gasteiger partial charge is 0.293 e. The number of aryl methyl sites for hydroxylation is 1. The summed E-state index contributed by atoms with van der Waals surface area (Å²) in [5.74, 6) is 0.171. The van der Waals surface area contributed by atoms with Gasteiger partial charge in [0.15, 0.2) is 5.11 Å². The summed E-state index contributed by atoms with van der Waals surface area (Å²) in [6.07, 6.45) is 0. The molecule has 1 amide bonds. The molecule has 4 aromatic rings. The van der Waals surface area contributed by atoms with E-state index in [2.05, 4.69) is 20.8 Å². The molecule has 13 heteroatoms. The molecule has 2 heterocycles. The van der Waals surface area contributed by atoms with E-state index >= 15 is 0 Å². The predicted molar refractivity (Wildman–Crippen MR) is 150 cm³/mol. The van der Waals surface area contributed by atoms with E-state index in [4.69, 9.17) is 21.7 Å². The van der Waals surface area contributed by atoms with E-state index in [0.717, 1.165) is 17.0 Å². The average Bonchev–Trinajstić information content (AvgIpc) is 3.36. The molecule has 0 bridgehead atoms. The van der Waals surface area contributed by atoms with Gasteiger partial charge in [-0.1, -0.05) is 0 Å². The number of fused-ring (bicyclic) bond motifs is 1. The van der Waals surface area contributed by atoms with Crippen molar-refractivity contribution >= 4 is 51.3 Å². The van der Waals surface area contributed by atoms with E-state index in [1.807, 2.05) is 42.2 Å². The van der Waals surface area contributed by atoms with Crippen molar-refractivity contribution < 1.29 is 19.2 Å². The molecule has 200 valence electrons. The maximum Gasteiger partial charge on any atom is 0.293 e. The number of carbonyl (C=O) groups is 1. The maximum atomic E-state index is 12.9. The van der Waals surface area contributed by atoms with E-state index in [-0.39, 0.29) is 16.4 Å². The van der Waals surface area contributed by atoms with Crippen molar-refractivity contribution in [1.29, 1.82) is 0 Å². The van der Waals surface area contributed by atoms with E-state index in [0.29, 0.717) is 48.7 Å². The number of carbonyl (C=O) groups excluding carboxylic acids is 1. The molecule has 5 rings (SSSR count). The van der Waals surface area contributed by atoms with Crippen molar-refractivity contribution in [1.82, 2.24) is 20.3 Å². The molecule has 0 radical (unpaired) electrons. The van der Waals surface area contributed by atoms with Gasteiger partial charge in [-0.3, -0.25) is 20.2 Å². The predicted octanol–water partition coefficient (Wildman–Crippen LogP) is 3.61. The van der Waals surface area contributed by atoms with Crippen LogP contribution in [-0.2, 0) is 4.74 Å². The van der Waals surface area contributed by atoms with Gasteiger partial charge < -0.3 is 19.7 Å². The highest BCUT2D eigenvalue weighted by Crippen LogP contribution is 2.30. The van der Waals surface area contributed by atoms with Crippen LogP contribution in [0, 0.1) is 17.0 Å². The van der Waals surface area contributed by atoms with Gasteiger partial charge in [0.1, 0.15) is 22.5 Å². The van der Waals surface area contributed by atoms with Crippen molar-refractivity contribution in [3.63, 3.8) is 0 Å². The van der Waals surface area contributed by atoms with Crippen molar-refractivity contribution in [2.75, 3.05) is 43.6 Å². The molecule has 0 aliphatic carbocycles. The van der Waals surface area contributed by atoms with Gasteiger partial charge in [-0.2, -0.15) is 4.80 Å². The summed E-state index contributed by atoms with van der Waals surface area (Å²) >= 11 is 5.36. The minimum Gasteiger partial charge on any atom is -0.497 e. The maximum absolute atomic E-state index is 12.9. The number of nitrogens with one attached hydrogen (secondary N) is 2. The first kappa shape index (κ1) is 26.0. The summed E-state index contributed by atoms with van der Waals surface area (Å²) in [4.78, 5) is 27.5. The molecular formula is C26H25N7O5S. The highest BCUT2D eigenvalue weighted by atomic mass is 32.1. The SMILES string of the molecule is COc1ccc(-n2nc3cc(C)c(NC(=S)NC(=O)c4ccc(N5CCOCC5)c([N+](=O)[O-])c4)cc3n2)cc1. The lowest BCUT2D eigenvalue weighted by Gasteiger charge is -2.28. The minimum absolute atomic E-state index is 0.0462. The van der Waals surface area contributed by atoms with Gasteiger partial charge in [-0.15, -0.1) is 10.2 Å². The molecule has 39 heavy (non-hydrogen) atoms. The summed E-state index contributed by atoms with van der Waals surface area (Å²) in [6.45, 7) is 3.94. The Morgan fingerprint density at radius 2 is 1.77 bits per heavy atom. The minimum atomic E-state index is -0.562. The van der Waals surface area contributed by atoms with E-state index in [9.17, 15) is 14.9 Å². The summed E-state index contributed by atoms with van der Waals surface area (Å²) in [5.41, 5.74) is 4.00. The number of hydrogen-bond acceptors (Lipinski definition) is 9. The Morgan fingerprint density at radius 1 is 1.08 bits per heavy atom. The van der Waals surface area contributed by atoms with E-state index < -0.39 is 10.8 Å². The van der Waals surface area contributed by atoms with Crippen molar-refractivity contribution in [3.8, 4) is 11.4 Å². The average molecular weight is 548 g/mol. The molecule has 0 saturated carbocycles. The fraction of sp³-hybridized carbons (Fsp3) is 0.231. The third-order valence-electron chi connectivity index (χ3n) is 6.29. The van der Waals surface area contributed by atoms with Crippen LogP contribution in [0.4, 0.5) is 17.1 Å². The highest BCUT2D eigenvalue weighted by Gasteiger charge is 2.23. The number of thiocarbonyl (C=S) groups is 1. The van der Waals surface area contributed by atoms with Crippen LogP contribution < -0.4 is 20.3 Å². The zero-order chi connectivity index (χ0) is 27.5. The van der Waals surface area contributed by atoms with Crippen molar-refractivity contribution in [2.24, 2.45) is 0 Å². The Morgan fingerprint density at radius 3 is 2.44 bits per heavy atom. The number of hydrogen-bond donors (Lipinski definition) is 2. The molecule has 1 aromatic heterocycles. The lowest BCUT2D eigenvalue weighted by Crippen LogP contribution is -2.37. The third-order valence-corrected chi connectivity index (χ3v) is 6.50. The molecule has 1 aliphatic rings. The van der Waals surface area contributed by atoms with E-state index in [1.165, 1.54) is 10.9 Å². The van der Waals surface area contributed by atoms with Gasteiger partial charge in [-0.25, -0.2) is 0 Å². The Kier molecular flexibility index (Phi) is 7.34. The molecule has 0 unspecified atom stereocenters. The molecule has 0 atom stereocenters. The number of anilines is 2. The second-order valence-corrected chi connectivity index (χ2v) is 9.22. The summed E-state index contributed by atoms with van der Waals surface area (Å²) in [6, 6.07) is 15.4. The first-order valence-corrected chi connectivity index (χ1v) is 12.5. The number of benzene rings is 3. The van der Waals surface area contributed by atoms with Crippen LogP contribution in [0.2, 0.25) is 0 Å². The first-order valence-electron chi connectivity index (χ1n) is 12.1. The Bertz CT molecular complexity index is 1570. The summed E-state index contributed by atoms with van der Waals surface area (Å²) in [5, 5.41) is 26.5. The normalized spacial score (nSPS) is 13.2. The third kappa shape index (κ3) is 5.63. The second-order valence-electron chi connectivity index (χ2n) is 8.81. The lowest BCUT2D eigenvalue weighted by molar-refractivity contribution is -0.384. The zero-order valence-electron chi connectivity index (χ0n) is 21.2. The zero-order valence-corrected chi connectivity index (χ0v) is 22.0. The van der Waals surface area contributed by atoms with Crippen LogP contribution in [0.3, 0.4) is 0 Å². The van der Waals surface area contributed by atoms with E-state index in [1.54, 1.807) is 25.3 Å². The lowest BCUT2D eigenvalue weighted by atomic mass is 10.1. The van der Waals surface area contributed by atoms with Crippen LogP contribution >= 0.6 is 12.2 Å². The largest absolute Gasteiger partial charge is 0.497 e. The monoisotopic (exact) mass is 547 g/mol. The van der Waals surface area contributed by atoms with Gasteiger partial charge in [-0.05, 0) is 73.2 Å². The number of nitrogens with zero attached hydrogens (tertiary/aromatic N) is 5. The van der Waals surface area contributed by atoms with Gasteiger partial charge >= 0.3 is 0 Å². The topological polar surface area (TPSA) is 137 Å². The molecule has 12 nitrogen and oxygen atoms in total. The fourth-order valence-electron chi connectivity index (χ4n) is 4.25. The molecule has 2 N–H and O–H groups in total. The number of methoxy groups -OCH3 is 1. The fourth-order valence-corrected chi connectivity index (χ4v) is 4.45. The highest BCUT2D eigenvalue weighted by molar-refractivity contribution is 7.80. The van der Waals surface area contributed by atoms with Gasteiger partial charge in [0, 0.05) is 30.4 Å². The molecule has 1 saturated heterocycles. The van der Waals surface area contributed by atoms with Crippen LogP contribution in [0.5, 0.6) is 5.75 Å². The molecule has 3 aromatic carbocycles.